The summed E-state index contributed by atoms with van der Waals surface area (Å²) in [5.41, 5.74) is 0.643. The van der Waals surface area contributed by atoms with Crippen molar-refractivity contribution in [2.75, 3.05) is 32.7 Å². The van der Waals surface area contributed by atoms with Crippen molar-refractivity contribution in [3.63, 3.8) is 0 Å². The lowest BCUT2D eigenvalue weighted by Crippen LogP contribution is -2.48. The molecule has 1 saturated heterocycles. The van der Waals surface area contributed by atoms with E-state index in [2.05, 4.69) is 18.4 Å². The third-order valence-electron chi connectivity index (χ3n) is 2.47. The molecule has 13 heavy (non-hydrogen) atoms. The molecule has 1 aliphatic heterocycles. The molecule has 0 aromatic heterocycles. The average molecular weight is 182 g/mol. The molecule has 0 aromatic rings. The lowest BCUT2D eigenvalue weighted by atomic mass is 10.2. The Hall–Kier alpha value is -0.830. The van der Waals surface area contributed by atoms with Gasteiger partial charge in [0.1, 0.15) is 0 Å². The molecule has 0 aliphatic carbocycles. The van der Waals surface area contributed by atoms with Gasteiger partial charge in [0.2, 0.25) is 5.91 Å². The standard InChI is InChI=1S/C10H18N2O/c1-4-11-5-7-12(8-6-11)10(13)9(2)3/h2,4-8H2,1,3H3. The first-order valence-corrected chi connectivity index (χ1v) is 4.82. The maximum absolute atomic E-state index is 11.5. The molecular weight excluding hydrogens is 164 g/mol. The third-order valence-corrected chi connectivity index (χ3v) is 2.47. The lowest BCUT2D eigenvalue weighted by molar-refractivity contribution is -0.128. The number of hydrogen-bond donors (Lipinski definition) is 0. The number of nitrogens with zero attached hydrogens (tertiary/aromatic N) is 2. The van der Waals surface area contributed by atoms with E-state index in [1.54, 1.807) is 6.92 Å². The summed E-state index contributed by atoms with van der Waals surface area (Å²) in [5, 5.41) is 0. The molecule has 3 nitrogen and oxygen atoms in total. The van der Waals surface area contributed by atoms with Gasteiger partial charge in [-0.05, 0) is 13.5 Å². The fraction of sp³-hybridized carbons (Fsp3) is 0.700. The number of piperazine rings is 1. The van der Waals surface area contributed by atoms with Crippen LogP contribution in [0, 0.1) is 0 Å². The van der Waals surface area contributed by atoms with Gasteiger partial charge in [0.15, 0.2) is 0 Å². The smallest absolute Gasteiger partial charge is 0.248 e. The van der Waals surface area contributed by atoms with Gasteiger partial charge in [-0.3, -0.25) is 4.79 Å². The normalized spacial score (nSPS) is 18.8. The van der Waals surface area contributed by atoms with Crippen LogP contribution in [0.15, 0.2) is 12.2 Å². The van der Waals surface area contributed by atoms with Crippen LogP contribution in [0.25, 0.3) is 0 Å². The van der Waals surface area contributed by atoms with Gasteiger partial charge in [-0.1, -0.05) is 13.5 Å². The van der Waals surface area contributed by atoms with Crippen molar-refractivity contribution in [3.05, 3.63) is 12.2 Å². The molecule has 0 N–H and O–H groups in total. The second-order valence-electron chi connectivity index (χ2n) is 3.51. The first kappa shape index (κ1) is 10.3. The number of carbonyl (C=O) groups is 1. The van der Waals surface area contributed by atoms with E-state index in [4.69, 9.17) is 0 Å². The molecule has 0 spiro atoms. The van der Waals surface area contributed by atoms with Crippen molar-refractivity contribution in [1.82, 2.24) is 9.80 Å². The van der Waals surface area contributed by atoms with Gasteiger partial charge < -0.3 is 9.80 Å². The zero-order valence-electron chi connectivity index (χ0n) is 8.55. The van der Waals surface area contributed by atoms with Gasteiger partial charge in [0.05, 0.1) is 0 Å². The van der Waals surface area contributed by atoms with Crippen molar-refractivity contribution in [3.8, 4) is 0 Å². The number of hydrogen-bond acceptors (Lipinski definition) is 2. The summed E-state index contributed by atoms with van der Waals surface area (Å²) in [7, 11) is 0. The zero-order chi connectivity index (χ0) is 9.84. The maximum Gasteiger partial charge on any atom is 0.248 e. The molecule has 0 saturated carbocycles. The predicted octanol–water partition coefficient (Wildman–Crippen LogP) is 0.727. The van der Waals surface area contributed by atoms with E-state index in [0.29, 0.717) is 5.57 Å². The highest BCUT2D eigenvalue weighted by molar-refractivity contribution is 5.92. The molecule has 3 heteroatoms. The Morgan fingerprint density at radius 3 is 2.23 bits per heavy atom. The van der Waals surface area contributed by atoms with Crippen molar-refractivity contribution in [2.45, 2.75) is 13.8 Å². The molecular formula is C10H18N2O. The molecule has 0 bridgehead atoms. The summed E-state index contributed by atoms with van der Waals surface area (Å²) in [6, 6.07) is 0. The summed E-state index contributed by atoms with van der Waals surface area (Å²) in [6.45, 7) is 12.3. The average Bonchev–Trinajstić information content (AvgIpc) is 2.17. The molecule has 0 radical (unpaired) electrons. The minimum absolute atomic E-state index is 0.107. The van der Waals surface area contributed by atoms with Gasteiger partial charge >= 0.3 is 0 Å². The molecule has 0 unspecified atom stereocenters. The van der Waals surface area contributed by atoms with E-state index in [9.17, 15) is 4.79 Å². The molecule has 1 aliphatic rings. The summed E-state index contributed by atoms with van der Waals surface area (Å²) in [5.74, 6) is 0.107. The van der Waals surface area contributed by atoms with Crippen LogP contribution in [-0.2, 0) is 4.79 Å². The Kier molecular flexibility index (Phi) is 3.48. The lowest BCUT2D eigenvalue weighted by Gasteiger charge is -2.34. The van der Waals surface area contributed by atoms with Crippen LogP contribution >= 0.6 is 0 Å². The van der Waals surface area contributed by atoms with Crippen LogP contribution in [0.3, 0.4) is 0 Å². The highest BCUT2D eigenvalue weighted by Crippen LogP contribution is 2.04. The first-order chi connectivity index (χ1) is 6.15. The van der Waals surface area contributed by atoms with Crippen molar-refractivity contribution < 1.29 is 4.79 Å². The maximum atomic E-state index is 11.5. The van der Waals surface area contributed by atoms with Crippen molar-refractivity contribution >= 4 is 5.91 Å². The number of rotatable bonds is 2. The largest absolute Gasteiger partial charge is 0.336 e. The van der Waals surface area contributed by atoms with Gasteiger partial charge in [0.25, 0.3) is 0 Å². The molecule has 1 rings (SSSR count). The van der Waals surface area contributed by atoms with Gasteiger partial charge in [-0.2, -0.15) is 0 Å². The number of carbonyl (C=O) groups excluding carboxylic acids is 1. The second kappa shape index (κ2) is 4.42. The summed E-state index contributed by atoms with van der Waals surface area (Å²) in [4.78, 5) is 15.7. The predicted molar refractivity (Wildman–Crippen MR) is 53.5 cm³/mol. The van der Waals surface area contributed by atoms with E-state index in [0.717, 1.165) is 32.7 Å². The van der Waals surface area contributed by atoms with Crippen LogP contribution < -0.4 is 0 Å². The molecule has 74 valence electrons. The van der Waals surface area contributed by atoms with Crippen LogP contribution in [0.4, 0.5) is 0 Å². The minimum Gasteiger partial charge on any atom is -0.336 e. The Labute approximate surface area is 80.0 Å². The van der Waals surface area contributed by atoms with E-state index >= 15 is 0 Å². The quantitative estimate of drug-likeness (QED) is 0.588. The summed E-state index contributed by atoms with van der Waals surface area (Å²) in [6.07, 6.45) is 0. The third kappa shape index (κ3) is 2.56. The van der Waals surface area contributed by atoms with Gasteiger partial charge in [-0.15, -0.1) is 0 Å². The van der Waals surface area contributed by atoms with Crippen LogP contribution in [0.5, 0.6) is 0 Å². The minimum atomic E-state index is 0.107. The van der Waals surface area contributed by atoms with Crippen molar-refractivity contribution in [2.24, 2.45) is 0 Å². The van der Waals surface area contributed by atoms with E-state index in [1.165, 1.54) is 0 Å². The van der Waals surface area contributed by atoms with Gasteiger partial charge in [-0.25, -0.2) is 0 Å². The molecule has 1 heterocycles. The molecule has 0 aromatic carbocycles. The topological polar surface area (TPSA) is 23.6 Å². The summed E-state index contributed by atoms with van der Waals surface area (Å²) >= 11 is 0. The molecule has 0 atom stereocenters. The van der Waals surface area contributed by atoms with Crippen LogP contribution in [0.2, 0.25) is 0 Å². The van der Waals surface area contributed by atoms with Gasteiger partial charge in [0, 0.05) is 31.8 Å². The number of likely N-dealkylation sites (N-methyl/N-ethyl adjacent to an activating group) is 1. The molecule has 1 fully saturated rings. The van der Waals surface area contributed by atoms with Crippen molar-refractivity contribution in [1.29, 1.82) is 0 Å². The van der Waals surface area contributed by atoms with E-state index < -0.39 is 0 Å². The highest BCUT2D eigenvalue weighted by Gasteiger charge is 2.19. The van der Waals surface area contributed by atoms with E-state index in [1.807, 2.05) is 4.90 Å². The van der Waals surface area contributed by atoms with E-state index in [-0.39, 0.29) is 5.91 Å². The number of amides is 1. The summed E-state index contributed by atoms with van der Waals surface area (Å²) < 4.78 is 0. The Morgan fingerprint density at radius 2 is 1.85 bits per heavy atom. The monoisotopic (exact) mass is 182 g/mol. The Morgan fingerprint density at radius 1 is 1.31 bits per heavy atom. The SMILES string of the molecule is C=C(C)C(=O)N1CCN(CC)CC1. The first-order valence-electron chi connectivity index (χ1n) is 4.82. The second-order valence-corrected chi connectivity index (χ2v) is 3.51. The highest BCUT2D eigenvalue weighted by atomic mass is 16.2. The van der Waals surface area contributed by atoms with Crippen LogP contribution in [-0.4, -0.2) is 48.4 Å². The Balaban J connectivity index is 2.41. The fourth-order valence-corrected chi connectivity index (χ4v) is 1.54. The molecule has 1 amide bonds. The Bertz CT molecular complexity index is 205. The fourth-order valence-electron chi connectivity index (χ4n) is 1.54. The van der Waals surface area contributed by atoms with Crippen LogP contribution in [0.1, 0.15) is 13.8 Å². The zero-order valence-corrected chi connectivity index (χ0v) is 8.55.